The number of nitrogens with one attached hydrogen (secondary N) is 1. The Kier molecular flexibility index (Phi) is 12.9. The molecule has 47 heavy (non-hydrogen) atoms. The minimum absolute atomic E-state index is 0.0132. The molecule has 0 aliphatic rings. The quantitative estimate of drug-likeness (QED) is 0.140. The topological polar surface area (TPSA) is 96.0 Å². The number of sulfonamides is 1. The van der Waals surface area contributed by atoms with E-state index in [1.54, 1.807) is 54.6 Å². The van der Waals surface area contributed by atoms with Crippen molar-refractivity contribution < 1.29 is 22.7 Å². The molecule has 1 atom stereocenters. The highest BCUT2D eigenvalue weighted by molar-refractivity contribution is 9.10. The Balaban J connectivity index is 1.80. The van der Waals surface area contributed by atoms with Crippen LogP contribution in [0.3, 0.4) is 0 Å². The second-order valence-electron chi connectivity index (χ2n) is 11.4. The zero-order valence-electron chi connectivity index (χ0n) is 26.6. The van der Waals surface area contributed by atoms with Crippen LogP contribution in [0.25, 0.3) is 0 Å². The summed E-state index contributed by atoms with van der Waals surface area (Å²) in [4.78, 5) is 29.9. The Hall–Kier alpha value is -3.86. The number of anilines is 1. The average Bonchev–Trinajstić information content (AvgIpc) is 3.05. The molecule has 0 spiro atoms. The first-order valence-corrected chi connectivity index (χ1v) is 18.0. The summed E-state index contributed by atoms with van der Waals surface area (Å²) in [6.45, 7) is 6.16. The zero-order valence-corrected chi connectivity index (χ0v) is 29.8. The van der Waals surface area contributed by atoms with Crippen molar-refractivity contribution in [3.63, 3.8) is 0 Å². The van der Waals surface area contributed by atoms with E-state index < -0.39 is 28.5 Å². The molecule has 0 fully saturated rings. The summed E-state index contributed by atoms with van der Waals surface area (Å²) in [5.74, 6) is -0.142. The number of carbonyl (C=O) groups is 2. The van der Waals surface area contributed by atoms with Crippen molar-refractivity contribution in [1.29, 1.82) is 0 Å². The minimum Gasteiger partial charge on any atom is -0.494 e. The molecule has 248 valence electrons. The van der Waals surface area contributed by atoms with Crippen LogP contribution < -0.4 is 14.4 Å². The van der Waals surface area contributed by atoms with Crippen molar-refractivity contribution in [3.8, 4) is 5.75 Å². The van der Waals surface area contributed by atoms with Gasteiger partial charge in [0.15, 0.2) is 0 Å². The summed E-state index contributed by atoms with van der Waals surface area (Å²) in [5.41, 5.74) is 1.83. The number of rotatable bonds is 15. The summed E-state index contributed by atoms with van der Waals surface area (Å²) in [6.07, 6.45) is 0.222. The predicted molar refractivity (Wildman–Crippen MR) is 190 cm³/mol. The molecule has 0 saturated heterocycles. The molecular formula is C36H39BrClN3O5S. The standard InChI is InChI=1S/C36H39BrClN3O5S/c1-4-46-32-17-15-31(16-18-32)41(47(44,45)33-19-13-29(37)14-20-33)25-35(42)40(24-28-11-8-12-30(38)21-28)34(36(43)39-23-26(2)3)22-27-9-6-5-7-10-27/h5-21,26,34H,4,22-25H2,1-3H3,(H,39,43)/t34-/m0/s1. The van der Waals surface area contributed by atoms with E-state index in [0.717, 1.165) is 9.87 Å². The van der Waals surface area contributed by atoms with Gasteiger partial charge < -0.3 is 15.0 Å². The van der Waals surface area contributed by atoms with E-state index in [1.807, 2.05) is 57.2 Å². The zero-order chi connectivity index (χ0) is 34.0. The van der Waals surface area contributed by atoms with Crippen molar-refractivity contribution in [1.82, 2.24) is 10.2 Å². The van der Waals surface area contributed by atoms with E-state index >= 15 is 0 Å². The van der Waals surface area contributed by atoms with Crippen molar-refractivity contribution >= 4 is 55.1 Å². The van der Waals surface area contributed by atoms with Gasteiger partial charge in [-0.2, -0.15) is 0 Å². The van der Waals surface area contributed by atoms with Gasteiger partial charge in [0.2, 0.25) is 11.8 Å². The van der Waals surface area contributed by atoms with Gasteiger partial charge in [0.05, 0.1) is 17.2 Å². The van der Waals surface area contributed by atoms with E-state index in [-0.39, 0.29) is 35.4 Å². The monoisotopic (exact) mass is 739 g/mol. The van der Waals surface area contributed by atoms with Crippen molar-refractivity contribution in [3.05, 3.63) is 124 Å². The second-order valence-corrected chi connectivity index (χ2v) is 14.6. The summed E-state index contributed by atoms with van der Waals surface area (Å²) in [5, 5.41) is 3.47. The van der Waals surface area contributed by atoms with Crippen LogP contribution in [0.5, 0.6) is 5.75 Å². The van der Waals surface area contributed by atoms with Gasteiger partial charge in [0, 0.05) is 29.0 Å². The number of carbonyl (C=O) groups excluding carboxylic acids is 2. The highest BCUT2D eigenvalue weighted by Gasteiger charge is 2.34. The van der Waals surface area contributed by atoms with Gasteiger partial charge in [-0.25, -0.2) is 8.42 Å². The molecule has 0 bridgehead atoms. The maximum atomic E-state index is 14.6. The highest BCUT2D eigenvalue weighted by atomic mass is 79.9. The van der Waals surface area contributed by atoms with E-state index in [0.29, 0.717) is 34.0 Å². The fourth-order valence-corrected chi connectivity index (χ4v) is 6.84. The van der Waals surface area contributed by atoms with Crippen LogP contribution in [0.2, 0.25) is 5.02 Å². The van der Waals surface area contributed by atoms with Gasteiger partial charge in [-0.05, 0) is 84.6 Å². The van der Waals surface area contributed by atoms with Crippen LogP contribution in [-0.2, 0) is 32.6 Å². The van der Waals surface area contributed by atoms with Gasteiger partial charge in [-0.1, -0.05) is 83.8 Å². The van der Waals surface area contributed by atoms with E-state index in [2.05, 4.69) is 21.2 Å². The number of ether oxygens (including phenoxy) is 1. The van der Waals surface area contributed by atoms with E-state index in [9.17, 15) is 18.0 Å². The van der Waals surface area contributed by atoms with Crippen LogP contribution in [0.1, 0.15) is 31.9 Å². The Morgan fingerprint density at radius 2 is 1.55 bits per heavy atom. The molecule has 0 aliphatic carbocycles. The first-order chi connectivity index (χ1) is 22.5. The van der Waals surface area contributed by atoms with Gasteiger partial charge in [-0.15, -0.1) is 0 Å². The van der Waals surface area contributed by atoms with E-state index in [4.69, 9.17) is 16.3 Å². The molecule has 0 radical (unpaired) electrons. The lowest BCUT2D eigenvalue weighted by atomic mass is 10.0. The fourth-order valence-electron chi connectivity index (χ4n) is 4.95. The smallest absolute Gasteiger partial charge is 0.264 e. The third-order valence-electron chi connectivity index (χ3n) is 7.31. The molecule has 4 rings (SSSR count). The molecule has 4 aromatic carbocycles. The summed E-state index contributed by atoms with van der Waals surface area (Å²) >= 11 is 9.68. The highest BCUT2D eigenvalue weighted by Crippen LogP contribution is 2.28. The van der Waals surface area contributed by atoms with Crippen LogP contribution in [-0.4, -0.2) is 50.9 Å². The molecule has 0 aliphatic heterocycles. The van der Waals surface area contributed by atoms with Crippen molar-refractivity contribution in [2.24, 2.45) is 5.92 Å². The van der Waals surface area contributed by atoms with Gasteiger partial charge in [-0.3, -0.25) is 13.9 Å². The molecule has 0 heterocycles. The van der Waals surface area contributed by atoms with Crippen molar-refractivity contribution in [2.75, 3.05) is 24.0 Å². The maximum absolute atomic E-state index is 14.6. The number of hydrogen-bond donors (Lipinski definition) is 1. The SMILES string of the molecule is CCOc1ccc(N(CC(=O)N(Cc2cccc(Cl)c2)[C@@H](Cc2ccccc2)C(=O)NCC(C)C)S(=O)(=O)c2ccc(Br)cc2)cc1. The second kappa shape index (κ2) is 16.8. The Morgan fingerprint density at radius 3 is 2.17 bits per heavy atom. The lowest BCUT2D eigenvalue weighted by Crippen LogP contribution is -2.53. The van der Waals surface area contributed by atoms with Crippen LogP contribution >= 0.6 is 27.5 Å². The van der Waals surface area contributed by atoms with Crippen LogP contribution in [0.15, 0.2) is 112 Å². The fraction of sp³-hybridized carbons (Fsp3) is 0.278. The largest absolute Gasteiger partial charge is 0.494 e. The Labute approximate surface area is 290 Å². The Morgan fingerprint density at radius 1 is 0.894 bits per heavy atom. The van der Waals surface area contributed by atoms with Crippen molar-refractivity contribution in [2.45, 2.75) is 44.7 Å². The molecule has 2 amide bonds. The molecule has 0 unspecified atom stereocenters. The first-order valence-electron chi connectivity index (χ1n) is 15.3. The predicted octanol–water partition coefficient (Wildman–Crippen LogP) is 7.11. The normalized spacial score (nSPS) is 12.0. The molecule has 8 nitrogen and oxygen atoms in total. The van der Waals surface area contributed by atoms with E-state index in [1.165, 1.54) is 17.0 Å². The summed E-state index contributed by atoms with van der Waals surface area (Å²) < 4.78 is 35.8. The lowest BCUT2D eigenvalue weighted by molar-refractivity contribution is -0.140. The number of amides is 2. The summed E-state index contributed by atoms with van der Waals surface area (Å²) in [6, 6.07) is 28.3. The van der Waals surface area contributed by atoms with Gasteiger partial charge in [0.1, 0.15) is 18.3 Å². The third-order valence-corrected chi connectivity index (χ3v) is 9.87. The number of halogens is 2. The minimum atomic E-state index is -4.23. The molecule has 0 aromatic heterocycles. The average molecular weight is 741 g/mol. The molecule has 4 aromatic rings. The number of nitrogens with zero attached hydrogens (tertiary/aromatic N) is 2. The molecule has 0 saturated carbocycles. The molecule has 1 N–H and O–H groups in total. The lowest BCUT2D eigenvalue weighted by Gasteiger charge is -2.34. The third kappa shape index (κ3) is 10.1. The van der Waals surface area contributed by atoms with Gasteiger partial charge in [0.25, 0.3) is 10.0 Å². The molecule has 11 heteroatoms. The van der Waals surface area contributed by atoms with Gasteiger partial charge >= 0.3 is 0 Å². The summed E-state index contributed by atoms with van der Waals surface area (Å²) in [7, 11) is -4.23. The van der Waals surface area contributed by atoms with Crippen LogP contribution in [0, 0.1) is 5.92 Å². The maximum Gasteiger partial charge on any atom is 0.264 e. The number of benzene rings is 4. The number of hydrogen-bond acceptors (Lipinski definition) is 5. The molecular weight excluding hydrogens is 702 g/mol. The Bertz CT molecular complexity index is 1740. The van der Waals surface area contributed by atoms with Crippen LogP contribution in [0.4, 0.5) is 5.69 Å². The first kappa shape index (κ1) is 36.0.